The number of likely N-dealkylation sites (tertiary alicyclic amines) is 1. The van der Waals surface area contributed by atoms with Crippen LogP contribution >= 0.6 is 11.3 Å². The average Bonchev–Trinajstić information content (AvgIpc) is 3.34. The number of benzene rings is 1. The Morgan fingerprint density at radius 1 is 1.30 bits per heavy atom. The van der Waals surface area contributed by atoms with Gasteiger partial charge in [-0.25, -0.2) is 0 Å². The molecule has 3 heterocycles. The molecule has 5 nitrogen and oxygen atoms in total. The van der Waals surface area contributed by atoms with Gasteiger partial charge in [0.2, 0.25) is 17.6 Å². The van der Waals surface area contributed by atoms with Crippen molar-refractivity contribution >= 4 is 17.2 Å². The maximum atomic E-state index is 12.6. The number of piperidine rings is 1. The summed E-state index contributed by atoms with van der Waals surface area (Å²) in [5.74, 6) is 1.89. The Kier molecular flexibility index (Phi) is 5.34. The predicted molar refractivity (Wildman–Crippen MR) is 106 cm³/mol. The predicted octanol–water partition coefficient (Wildman–Crippen LogP) is 4.13. The van der Waals surface area contributed by atoms with Crippen molar-refractivity contribution in [2.75, 3.05) is 13.1 Å². The molecule has 0 saturated carbocycles. The van der Waals surface area contributed by atoms with Crippen molar-refractivity contribution in [1.29, 1.82) is 0 Å². The summed E-state index contributed by atoms with van der Waals surface area (Å²) in [4.78, 5) is 20.3. The maximum Gasteiger partial charge on any atom is 0.227 e. The second-order valence-electron chi connectivity index (χ2n) is 7.13. The summed E-state index contributed by atoms with van der Waals surface area (Å²) in [7, 11) is 0. The first-order valence-electron chi connectivity index (χ1n) is 9.38. The summed E-state index contributed by atoms with van der Waals surface area (Å²) < 4.78 is 5.49. The second kappa shape index (κ2) is 8.05. The van der Waals surface area contributed by atoms with Crippen LogP contribution in [0.1, 0.15) is 29.2 Å². The summed E-state index contributed by atoms with van der Waals surface area (Å²) in [6.07, 6.45) is 3.34. The van der Waals surface area contributed by atoms with Gasteiger partial charge in [-0.1, -0.05) is 35.5 Å². The molecule has 0 aliphatic carbocycles. The molecule has 0 radical (unpaired) electrons. The molecular weight excluding hydrogens is 358 g/mol. The van der Waals surface area contributed by atoms with Crippen molar-refractivity contribution in [2.45, 2.75) is 32.6 Å². The second-order valence-corrected chi connectivity index (χ2v) is 8.17. The normalized spacial score (nSPS) is 17.2. The molecule has 6 heteroatoms. The van der Waals surface area contributed by atoms with E-state index in [4.69, 9.17) is 4.52 Å². The lowest BCUT2D eigenvalue weighted by atomic mass is 9.94. The third-order valence-electron chi connectivity index (χ3n) is 5.09. The van der Waals surface area contributed by atoms with E-state index in [1.807, 2.05) is 53.6 Å². The molecular formula is C21H23N3O2S. The van der Waals surface area contributed by atoms with Crippen molar-refractivity contribution in [3.63, 3.8) is 0 Å². The molecule has 1 saturated heterocycles. The van der Waals surface area contributed by atoms with Gasteiger partial charge in [-0.15, -0.1) is 11.3 Å². The third kappa shape index (κ3) is 4.27. The van der Waals surface area contributed by atoms with Crippen LogP contribution in [0.4, 0.5) is 0 Å². The number of thiophene rings is 1. The maximum absolute atomic E-state index is 12.6. The van der Waals surface area contributed by atoms with Gasteiger partial charge in [0, 0.05) is 30.0 Å². The smallest absolute Gasteiger partial charge is 0.227 e. The topological polar surface area (TPSA) is 59.2 Å². The molecule has 1 amide bonds. The van der Waals surface area contributed by atoms with Gasteiger partial charge < -0.3 is 9.42 Å². The van der Waals surface area contributed by atoms with Gasteiger partial charge in [-0.3, -0.25) is 4.79 Å². The molecule has 1 fully saturated rings. The number of carbonyl (C=O) groups excluding carboxylic acids is 1. The SMILES string of the molecule is Cc1ccccc1-c1noc(CC2CCCN(C(=O)Cc3cccs3)C2)n1. The Hall–Kier alpha value is -2.47. The molecule has 1 aliphatic rings. The molecule has 4 rings (SSSR count). The number of hydrogen-bond acceptors (Lipinski definition) is 5. The standard InChI is InChI=1S/C21H23N3O2S/c1-15-6-2-3-9-18(15)21-22-19(26-23-21)12-16-7-4-10-24(14-16)20(25)13-17-8-5-11-27-17/h2-3,5-6,8-9,11,16H,4,7,10,12-14H2,1H3. The molecule has 2 aromatic heterocycles. The van der Waals surface area contributed by atoms with Crippen LogP contribution in [0.15, 0.2) is 46.3 Å². The first-order valence-corrected chi connectivity index (χ1v) is 10.3. The largest absolute Gasteiger partial charge is 0.342 e. The number of hydrogen-bond donors (Lipinski definition) is 0. The van der Waals surface area contributed by atoms with Gasteiger partial charge in [-0.2, -0.15) is 4.98 Å². The van der Waals surface area contributed by atoms with Crippen LogP contribution in [0.25, 0.3) is 11.4 Å². The van der Waals surface area contributed by atoms with Gasteiger partial charge in [0.25, 0.3) is 0 Å². The number of aryl methyl sites for hydroxylation is 1. The highest BCUT2D eigenvalue weighted by Crippen LogP contribution is 2.24. The Labute approximate surface area is 163 Å². The molecule has 1 atom stereocenters. The zero-order valence-electron chi connectivity index (χ0n) is 15.4. The van der Waals surface area contributed by atoms with Crippen molar-refractivity contribution in [3.8, 4) is 11.4 Å². The number of nitrogens with zero attached hydrogens (tertiary/aromatic N) is 3. The van der Waals surface area contributed by atoms with E-state index in [1.54, 1.807) is 11.3 Å². The van der Waals surface area contributed by atoms with E-state index in [0.717, 1.165) is 48.4 Å². The fraction of sp³-hybridized carbons (Fsp3) is 0.381. The Balaban J connectivity index is 1.38. The molecule has 1 aliphatic heterocycles. The summed E-state index contributed by atoms with van der Waals surface area (Å²) in [5.41, 5.74) is 2.14. The van der Waals surface area contributed by atoms with E-state index >= 15 is 0 Å². The van der Waals surface area contributed by atoms with Crippen molar-refractivity contribution in [1.82, 2.24) is 15.0 Å². The number of amides is 1. The van der Waals surface area contributed by atoms with E-state index in [-0.39, 0.29) is 5.91 Å². The van der Waals surface area contributed by atoms with Crippen LogP contribution in [0.3, 0.4) is 0 Å². The molecule has 140 valence electrons. The number of carbonyl (C=O) groups is 1. The van der Waals surface area contributed by atoms with Crippen molar-refractivity contribution in [3.05, 3.63) is 58.1 Å². The van der Waals surface area contributed by atoms with Crippen molar-refractivity contribution in [2.24, 2.45) is 5.92 Å². The lowest BCUT2D eigenvalue weighted by molar-refractivity contribution is -0.132. The molecule has 3 aromatic rings. The fourth-order valence-electron chi connectivity index (χ4n) is 3.65. The molecule has 1 aromatic carbocycles. The van der Waals surface area contributed by atoms with Crippen LogP contribution in [0.5, 0.6) is 0 Å². The third-order valence-corrected chi connectivity index (χ3v) is 5.97. The van der Waals surface area contributed by atoms with Gasteiger partial charge in [-0.05, 0) is 42.7 Å². The zero-order chi connectivity index (χ0) is 18.6. The Bertz CT molecular complexity index is 904. The zero-order valence-corrected chi connectivity index (χ0v) is 16.2. The van der Waals surface area contributed by atoms with Gasteiger partial charge in [0.05, 0.1) is 6.42 Å². The number of rotatable bonds is 5. The first-order chi connectivity index (χ1) is 13.2. The quantitative estimate of drug-likeness (QED) is 0.667. The minimum absolute atomic E-state index is 0.216. The minimum Gasteiger partial charge on any atom is -0.342 e. The van der Waals surface area contributed by atoms with E-state index in [1.165, 1.54) is 0 Å². The highest BCUT2D eigenvalue weighted by atomic mass is 32.1. The van der Waals surface area contributed by atoms with Crippen LogP contribution in [0, 0.1) is 12.8 Å². The summed E-state index contributed by atoms with van der Waals surface area (Å²) in [6.45, 7) is 3.66. The van der Waals surface area contributed by atoms with Gasteiger partial charge in [0.15, 0.2) is 0 Å². The van der Waals surface area contributed by atoms with Crippen LogP contribution in [-0.2, 0) is 17.6 Å². The summed E-state index contributed by atoms with van der Waals surface area (Å²) in [6, 6.07) is 12.1. The van der Waals surface area contributed by atoms with Crippen LogP contribution < -0.4 is 0 Å². The molecule has 0 N–H and O–H groups in total. The van der Waals surface area contributed by atoms with E-state index in [0.29, 0.717) is 24.1 Å². The average molecular weight is 382 g/mol. The lowest BCUT2D eigenvalue weighted by Gasteiger charge is -2.32. The monoisotopic (exact) mass is 381 g/mol. The van der Waals surface area contributed by atoms with Gasteiger partial charge in [0.1, 0.15) is 0 Å². The van der Waals surface area contributed by atoms with E-state index in [2.05, 4.69) is 10.1 Å². The van der Waals surface area contributed by atoms with Gasteiger partial charge >= 0.3 is 0 Å². The van der Waals surface area contributed by atoms with Crippen LogP contribution in [-0.4, -0.2) is 34.0 Å². The fourth-order valence-corrected chi connectivity index (χ4v) is 4.35. The van der Waals surface area contributed by atoms with Crippen LogP contribution in [0.2, 0.25) is 0 Å². The Morgan fingerprint density at radius 3 is 3.00 bits per heavy atom. The highest BCUT2D eigenvalue weighted by Gasteiger charge is 2.25. The number of aromatic nitrogens is 2. The lowest BCUT2D eigenvalue weighted by Crippen LogP contribution is -2.41. The molecule has 0 bridgehead atoms. The minimum atomic E-state index is 0.216. The molecule has 0 spiro atoms. The Morgan fingerprint density at radius 2 is 2.19 bits per heavy atom. The molecule has 27 heavy (non-hydrogen) atoms. The van der Waals surface area contributed by atoms with E-state index < -0.39 is 0 Å². The summed E-state index contributed by atoms with van der Waals surface area (Å²) in [5, 5.41) is 6.17. The summed E-state index contributed by atoms with van der Waals surface area (Å²) >= 11 is 1.64. The van der Waals surface area contributed by atoms with Crippen molar-refractivity contribution < 1.29 is 9.32 Å². The van der Waals surface area contributed by atoms with E-state index in [9.17, 15) is 4.79 Å². The highest BCUT2D eigenvalue weighted by molar-refractivity contribution is 7.10. The molecule has 1 unspecified atom stereocenters. The first kappa shape index (κ1) is 17.9.